The molecule has 0 aliphatic carbocycles. The van der Waals surface area contributed by atoms with Gasteiger partial charge in [-0.25, -0.2) is 9.18 Å². The maximum absolute atomic E-state index is 13.7. The van der Waals surface area contributed by atoms with Gasteiger partial charge in [0, 0.05) is 12.5 Å². The van der Waals surface area contributed by atoms with Crippen molar-refractivity contribution in [2.45, 2.75) is 66.1 Å². The van der Waals surface area contributed by atoms with Crippen molar-refractivity contribution in [2.24, 2.45) is 0 Å². The maximum Gasteiger partial charge on any atom is 0.438 e. The minimum atomic E-state index is -9.11. The van der Waals surface area contributed by atoms with Crippen LogP contribution in [0.25, 0.3) is 0 Å². The number of carbonyl (C=O) groups is 1. The molecule has 0 spiro atoms. The third-order valence-corrected chi connectivity index (χ3v) is 4.33. The first-order valence-corrected chi connectivity index (χ1v) is 8.41. The minimum Gasteiger partial charge on any atom is -0.460 e. The summed E-state index contributed by atoms with van der Waals surface area (Å²) in [6.45, 7) is 0.870. The standard InChI is InChI=1S/C15H9F19O3/c1-2-6(36)37-4-5(35)3-7(16,17)9(19,20)11(23,24)13(27,28)12(25,26)10(21,22)8(18,14(29,30)31)15(32,33)34/h2,5,35H,1,3-4H2/t5-/m0/s1. The van der Waals surface area contributed by atoms with Gasteiger partial charge in [0.25, 0.3) is 0 Å². The lowest BCUT2D eigenvalue weighted by atomic mass is 9.83. The molecule has 0 saturated carbocycles. The third kappa shape index (κ3) is 5.12. The van der Waals surface area contributed by atoms with E-state index in [2.05, 4.69) is 11.3 Å². The van der Waals surface area contributed by atoms with Gasteiger partial charge in [0.2, 0.25) is 0 Å². The summed E-state index contributed by atoms with van der Waals surface area (Å²) in [7, 11) is 0. The van der Waals surface area contributed by atoms with Gasteiger partial charge >= 0.3 is 59.5 Å². The predicted molar refractivity (Wildman–Crippen MR) is 77.4 cm³/mol. The van der Waals surface area contributed by atoms with Crippen molar-refractivity contribution in [2.75, 3.05) is 6.61 Å². The van der Waals surface area contributed by atoms with E-state index in [1.807, 2.05) is 0 Å². The smallest absolute Gasteiger partial charge is 0.438 e. The topological polar surface area (TPSA) is 46.5 Å². The average Bonchev–Trinajstić information content (AvgIpc) is 2.68. The van der Waals surface area contributed by atoms with Gasteiger partial charge in [0.1, 0.15) is 6.61 Å². The highest BCUT2D eigenvalue weighted by molar-refractivity contribution is 5.81. The van der Waals surface area contributed by atoms with Crippen molar-refractivity contribution in [1.82, 2.24) is 0 Å². The van der Waals surface area contributed by atoms with Crippen molar-refractivity contribution in [3.63, 3.8) is 0 Å². The van der Waals surface area contributed by atoms with Crippen molar-refractivity contribution in [3.8, 4) is 0 Å². The Morgan fingerprint density at radius 2 is 0.973 bits per heavy atom. The molecule has 0 aliphatic heterocycles. The summed E-state index contributed by atoms with van der Waals surface area (Å²) in [6.07, 6.45) is -22.9. The summed E-state index contributed by atoms with van der Waals surface area (Å²) < 4.78 is 254. The Bertz CT molecular complexity index is 827. The molecule has 22 heteroatoms. The number of hydrogen-bond acceptors (Lipinski definition) is 3. The van der Waals surface area contributed by atoms with Gasteiger partial charge in [0.15, 0.2) is 0 Å². The van der Waals surface area contributed by atoms with E-state index in [1.54, 1.807) is 0 Å². The molecule has 0 saturated heterocycles. The fourth-order valence-corrected chi connectivity index (χ4v) is 2.27. The Balaban J connectivity index is 6.74. The number of ether oxygens (including phenoxy) is 1. The molecule has 0 amide bonds. The fourth-order valence-electron chi connectivity index (χ4n) is 2.27. The predicted octanol–water partition coefficient (Wildman–Crippen LogP) is 6.11. The number of rotatable bonds is 11. The molecule has 0 aromatic heterocycles. The average molecular weight is 598 g/mol. The zero-order chi connectivity index (χ0) is 30.5. The second kappa shape index (κ2) is 9.54. The number of halogens is 19. The van der Waals surface area contributed by atoms with Crippen molar-refractivity contribution < 1.29 is 98.1 Å². The summed E-state index contributed by atoms with van der Waals surface area (Å²) in [5.41, 5.74) is -8.81. The molecule has 1 N–H and O–H groups in total. The van der Waals surface area contributed by atoms with E-state index in [0.29, 0.717) is 0 Å². The lowest BCUT2D eigenvalue weighted by Crippen LogP contribution is -2.77. The molecule has 0 radical (unpaired) electrons. The SMILES string of the molecule is C=CC(=O)OC[C@@H](O)CC(F)(F)C(F)(F)C(F)(F)C(F)(F)C(F)(F)C(F)(F)C(F)(C(F)(F)F)C(F)(F)F. The summed E-state index contributed by atoms with van der Waals surface area (Å²) in [5.74, 6) is -52.4. The molecule has 0 aliphatic rings. The van der Waals surface area contributed by atoms with Crippen LogP contribution in [0.15, 0.2) is 12.7 Å². The molecule has 0 heterocycles. The first kappa shape index (κ1) is 34.8. The zero-order valence-corrected chi connectivity index (χ0v) is 16.7. The van der Waals surface area contributed by atoms with Crippen LogP contribution in [-0.4, -0.2) is 77.3 Å². The Morgan fingerprint density at radius 3 is 1.30 bits per heavy atom. The van der Waals surface area contributed by atoms with Crippen molar-refractivity contribution in [1.29, 1.82) is 0 Å². The molecular weight excluding hydrogens is 589 g/mol. The molecular formula is C15H9F19O3. The summed E-state index contributed by atoms with van der Waals surface area (Å²) in [6, 6.07) is 0. The second-order valence-corrected chi connectivity index (χ2v) is 6.92. The number of alkyl halides is 19. The maximum atomic E-state index is 13.7. The molecule has 1 atom stereocenters. The number of aliphatic hydroxyl groups excluding tert-OH is 1. The summed E-state index contributed by atoms with van der Waals surface area (Å²) >= 11 is 0. The van der Waals surface area contributed by atoms with Crippen LogP contribution in [0.4, 0.5) is 83.4 Å². The third-order valence-electron chi connectivity index (χ3n) is 4.33. The van der Waals surface area contributed by atoms with Crippen LogP contribution in [0.3, 0.4) is 0 Å². The van der Waals surface area contributed by atoms with Crippen LogP contribution in [0.2, 0.25) is 0 Å². The van der Waals surface area contributed by atoms with Crippen LogP contribution >= 0.6 is 0 Å². The molecule has 0 rings (SSSR count). The normalized spacial score (nSPS) is 16.4. The van der Waals surface area contributed by atoms with Crippen LogP contribution in [0, 0.1) is 0 Å². The van der Waals surface area contributed by atoms with Gasteiger partial charge in [-0.2, -0.15) is 79.0 Å². The number of esters is 1. The molecule has 3 nitrogen and oxygen atoms in total. The van der Waals surface area contributed by atoms with E-state index in [9.17, 15) is 88.2 Å². The van der Waals surface area contributed by atoms with Crippen molar-refractivity contribution in [3.05, 3.63) is 12.7 Å². The fraction of sp³-hybridized carbons (Fsp3) is 0.800. The highest BCUT2D eigenvalue weighted by Gasteiger charge is 2.98. The van der Waals surface area contributed by atoms with Crippen LogP contribution in [-0.2, 0) is 9.53 Å². The van der Waals surface area contributed by atoms with Crippen molar-refractivity contribution >= 4 is 5.97 Å². The number of aliphatic hydroxyl groups is 1. The molecule has 0 aromatic carbocycles. The van der Waals surface area contributed by atoms with Gasteiger partial charge in [-0.15, -0.1) is 0 Å². The lowest BCUT2D eigenvalue weighted by molar-refractivity contribution is -0.472. The zero-order valence-electron chi connectivity index (χ0n) is 16.7. The van der Waals surface area contributed by atoms with E-state index in [1.165, 1.54) is 0 Å². The molecule has 0 unspecified atom stereocenters. The number of carbonyl (C=O) groups excluding carboxylic acids is 1. The Labute approximate surface area is 190 Å². The van der Waals surface area contributed by atoms with E-state index < -0.39 is 78.7 Å². The highest BCUT2D eigenvalue weighted by Crippen LogP contribution is 2.66. The van der Waals surface area contributed by atoms with Gasteiger partial charge in [0.05, 0.1) is 6.10 Å². The summed E-state index contributed by atoms with van der Waals surface area (Å²) in [5, 5.41) is 9.01. The first-order valence-electron chi connectivity index (χ1n) is 8.41. The Kier molecular flexibility index (Phi) is 8.99. The van der Waals surface area contributed by atoms with Crippen LogP contribution in [0.1, 0.15) is 6.42 Å². The first-order chi connectivity index (χ1) is 15.8. The minimum absolute atomic E-state index is 0.239. The Hall–Kier alpha value is -2.16. The van der Waals surface area contributed by atoms with Gasteiger partial charge in [-0.3, -0.25) is 0 Å². The molecule has 220 valence electrons. The molecule has 0 bridgehead atoms. The van der Waals surface area contributed by atoms with E-state index >= 15 is 0 Å². The highest BCUT2D eigenvalue weighted by atomic mass is 19.4. The lowest BCUT2D eigenvalue weighted by Gasteiger charge is -2.45. The van der Waals surface area contributed by atoms with E-state index in [4.69, 9.17) is 5.11 Å². The van der Waals surface area contributed by atoms with Gasteiger partial charge < -0.3 is 9.84 Å². The van der Waals surface area contributed by atoms with E-state index in [0.717, 1.165) is 0 Å². The second-order valence-electron chi connectivity index (χ2n) is 6.92. The van der Waals surface area contributed by atoms with Gasteiger partial charge in [-0.1, -0.05) is 6.58 Å². The van der Waals surface area contributed by atoms with Gasteiger partial charge in [-0.05, 0) is 0 Å². The summed E-state index contributed by atoms with van der Waals surface area (Å²) in [4.78, 5) is 10.6. The quantitative estimate of drug-likeness (QED) is 0.178. The van der Waals surface area contributed by atoms with Crippen LogP contribution in [0.5, 0.6) is 0 Å². The molecule has 37 heavy (non-hydrogen) atoms. The molecule has 0 aromatic rings. The van der Waals surface area contributed by atoms with E-state index in [-0.39, 0.29) is 6.08 Å². The Morgan fingerprint density at radius 1 is 0.649 bits per heavy atom. The number of hydrogen-bond donors (Lipinski definition) is 1. The monoisotopic (exact) mass is 598 g/mol. The molecule has 0 fully saturated rings. The van der Waals surface area contributed by atoms with Crippen LogP contribution < -0.4 is 0 Å². The largest absolute Gasteiger partial charge is 0.460 e.